The van der Waals surface area contributed by atoms with Gasteiger partial charge >= 0.3 is 0 Å². The molecular weight excluding hydrogens is 202 g/mol. The number of amides is 1. The van der Waals surface area contributed by atoms with Crippen LogP contribution in [0.1, 0.15) is 25.7 Å². The molecule has 16 heavy (non-hydrogen) atoms. The van der Waals surface area contributed by atoms with Crippen molar-refractivity contribution in [2.24, 2.45) is 11.1 Å². The molecule has 2 rings (SSSR count). The molecule has 1 heterocycles. The van der Waals surface area contributed by atoms with Crippen LogP contribution >= 0.6 is 0 Å². The van der Waals surface area contributed by atoms with Crippen LogP contribution in [-0.2, 0) is 4.79 Å². The summed E-state index contributed by atoms with van der Waals surface area (Å²) in [5, 5.41) is 0. The number of likely N-dealkylation sites (tertiary alicyclic amines) is 1. The Labute approximate surface area is 97.8 Å². The van der Waals surface area contributed by atoms with Crippen LogP contribution in [0.2, 0.25) is 0 Å². The van der Waals surface area contributed by atoms with E-state index in [0.29, 0.717) is 6.54 Å². The Morgan fingerprint density at radius 2 is 2.00 bits per heavy atom. The summed E-state index contributed by atoms with van der Waals surface area (Å²) in [5.74, 6) is 0.259. The molecule has 0 spiro atoms. The highest BCUT2D eigenvalue weighted by Crippen LogP contribution is 2.45. The predicted octanol–water partition coefficient (Wildman–Crippen LogP) is 0.280. The van der Waals surface area contributed by atoms with E-state index >= 15 is 0 Å². The van der Waals surface area contributed by atoms with Gasteiger partial charge < -0.3 is 15.5 Å². The van der Waals surface area contributed by atoms with E-state index in [4.69, 9.17) is 5.73 Å². The molecule has 92 valence electrons. The highest BCUT2D eigenvalue weighted by atomic mass is 16.2. The van der Waals surface area contributed by atoms with Gasteiger partial charge in [-0.25, -0.2) is 0 Å². The molecule has 1 saturated carbocycles. The lowest BCUT2D eigenvalue weighted by molar-refractivity contribution is -0.135. The fourth-order valence-corrected chi connectivity index (χ4v) is 2.46. The zero-order valence-electron chi connectivity index (χ0n) is 10.2. The van der Waals surface area contributed by atoms with E-state index in [1.54, 1.807) is 0 Å². The molecule has 0 aromatic rings. The Balaban J connectivity index is 1.74. The van der Waals surface area contributed by atoms with Crippen LogP contribution in [0.5, 0.6) is 0 Å². The van der Waals surface area contributed by atoms with Crippen molar-refractivity contribution in [3.8, 4) is 0 Å². The van der Waals surface area contributed by atoms with E-state index in [2.05, 4.69) is 4.90 Å². The van der Waals surface area contributed by atoms with Gasteiger partial charge in [-0.1, -0.05) is 0 Å². The van der Waals surface area contributed by atoms with Gasteiger partial charge in [0.1, 0.15) is 0 Å². The number of hydrogen-bond acceptors (Lipinski definition) is 3. The third kappa shape index (κ3) is 2.38. The van der Waals surface area contributed by atoms with E-state index in [0.717, 1.165) is 25.9 Å². The normalized spacial score (nSPS) is 23.4. The van der Waals surface area contributed by atoms with Crippen LogP contribution < -0.4 is 5.73 Å². The number of nitrogens with zero attached hydrogens (tertiary/aromatic N) is 2. The highest BCUT2D eigenvalue weighted by Gasteiger charge is 2.49. The maximum Gasteiger partial charge on any atom is 0.229 e. The Morgan fingerprint density at radius 1 is 1.38 bits per heavy atom. The summed E-state index contributed by atoms with van der Waals surface area (Å²) in [6.07, 6.45) is 4.58. The van der Waals surface area contributed by atoms with Crippen LogP contribution in [0.15, 0.2) is 0 Å². The van der Waals surface area contributed by atoms with Gasteiger partial charge in [0.2, 0.25) is 5.91 Å². The molecule has 4 heteroatoms. The van der Waals surface area contributed by atoms with Gasteiger partial charge in [-0.2, -0.15) is 0 Å². The first-order valence-electron chi connectivity index (χ1n) is 6.36. The van der Waals surface area contributed by atoms with E-state index < -0.39 is 0 Å². The monoisotopic (exact) mass is 225 g/mol. The van der Waals surface area contributed by atoms with Crippen molar-refractivity contribution in [1.82, 2.24) is 9.80 Å². The van der Waals surface area contributed by atoms with Crippen LogP contribution in [0.25, 0.3) is 0 Å². The smallest absolute Gasteiger partial charge is 0.229 e. The zero-order chi connectivity index (χ0) is 11.6. The second-order valence-electron chi connectivity index (χ2n) is 5.26. The Bertz CT molecular complexity index is 257. The van der Waals surface area contributed by atoms with Gasteiger partial charge in [0.15, 0.2) is 0 Å². The standard InChI is InChI=1S/C12H23N3O/c1-14(8-9-15-6-2-3-7-15)11(16)12(10-13)4-5-12/h2-10,13H2,1H3. The van der Waals surface area contributed by atoms with E-state index in [-0.39, 0.29) is 11.3 Å². The van der Waals surface area contributed by atoms with Gasteiger partial charge in [-0.15, -0.1) is 0 Å². The summed E-state index contributed by atoms with van der Waals surface area (Å²) in [6, 6.07) is 0. The summed E-state index contributed by atoms with van der Waals surface area (Å²) in [4.78, 5) is 16.4. The molecule has 0 radical (unpaired) electrons. The van der Waals surface area contributed by atoms with E-state index in [1.165, 1.54) is 25.9 Å². The average molecular weight is 225 g/mol. The number of likely N-dealkylation sites (N-methyl/N-ethyl adjacent to an activating group) is 1. The molecule has 0 aromatic heterocycles. The lowest BCUT2D eigenvalue weighted by Gasteiger charge is -2.25. The maximum absolute atomic E-state index is 12.1. The molecule has 2 aliphatic rings. The topological polar surface area (TPSA) is 49.6 Å². The Morgan fingerprint density at radius 3 is 2.50 bits per heavy atom. The summed E-state index contributed by atoms with van der Waals surface area (Å²) in [5.41, 5.74) is 5.49. The SMILES string of the molecule is CN(CCN1CCCC1)C(=O)C1(CN)CC1. The first-order valence-corrected chi connectivity index (χ1v) is 6.36. The van der Waals surface area contributed by atoms with Gasteiger partial charge in [0.05, 0.1) is 5.41 Å². The third-order valence-electron chi connectivity index (χ3n) is 3.99. The van der Waals surface area contributed by atoms with Crippen LogP contribution in [-0.4, -0.2) is 55.5 Å². The second kappa shape index (κ2) is 4.72. The predicted molar refractivity (Wildman–Crippen MR) is 64.0 cm³/mol. The maximum atomic E-state index is 12.1. The van der Waals surface area contributed by atoms with Gasteiger partial charge in [0.25, 0.3) is 0 Å². The van der Waals surface area contributed by atoms with Crippen molar-refractivity contribution in [1.29, 1.82) is 0 Å². The largest absolute Gasteiger partial charge is 0.344 e. The first kappa shape index (κ1) is 11.9. The molecule has 0 aromatic carbocycles. The zero-order valence-corrected chi connectivity index (χ0v) is 10.2. The Hall–Kier alpha value is -0.610. The van der Waals surface area contributed by atoms with Gasteiger partial charge in [-0.05, 0) is 38.8 Å². The molecule has 4 nitrogen and oxygen atoms in total. The molecule has 0 bridgehead atoms. The fraction of sp³-hybridized carbons (Fsp3) is 0.917. The lowest BCUT2D eigenvalue weighted by atomic mass is 10.1. The van der Waals surface area contributed by atoms with Crippen molar-refractivity contribution in [2.75, 3.05) is 39.8 Å². The van der Waals surface area contributed by atoms with Crippen molar-refractivity contribution < 1.29 is 4.79 Å². The minimum absolute atomic E-state index is 0.181. The molecule has 0 unspecified atom stereocenters. The quantitative estimate of drug-likeness (QED) is 0.731. The molecule has 1 aliphatic carbocycles. The van der Waals surface area contributed by atoms with E-state index in [1.807, 2.05) is 11.9 Å². The average Bonchev–Trinajstić information content (AvgIpc) is 2.94. The van der Waals surface area contributed by atoms with Crippen molar-refractivity contribution in [3.05, 3.63) is 0 Å². The van der Waals surface area contributed by atoms with Crippen LogP contribution in [0.4, 0.5) is 0 Å². The molecule has 1 saturated heterocycles. The molecular formula is C12H23N3O. The van der Waals surface area contributed by atoms with Crippen LogP contribution in [0.3, 0.4) is 0 Å². The number of hydrogen-bond donors (Lipinski definition) is 1. The molecule has 2 fully saturated rings. The minimum atomic E-state index is -0.181. The Kier molecular flexibility index (Phi) is 3.50. The first-order chi connectivity index (χ1) is 7.68. The van der Waals surface area contributed by atoms with Gasteiger partial charge in [-0.3, -0.25) is 4.79 Å². The van der Waals surface area contributed by atoms with Crippen molar-refractivity contribution in [3.63, 3.8) is 0 Å². The lowest BCUT2D eigenvalue weighted by Crippen LogP contribution is -2.41. The number of nitrogens with two attached hydrogens (primary N) is 1. The summed E-state index contributed by atoms with van der Waals surface area (Å²) in [6.45, 7) is 4.78. The minimum Gasteiger partial charge on any atom is -0.344 e. The third-order valence-corrected chi connectivity index (χ3v) is 3.99. The fourth-order valence-electron chi connectivity index (χ4n) is 2.46. The van der Waals surface area contributed by atoms with Gasteiger partial charge in [0, 0.05) is 26.7 Å². The highest BCUT2D eigenvalue weighted by molar-refractivity contribution is 5.85. The van der Waals surface area contributed by atoms with E-state index in [9.17, 15) is 4.79 Å². The second-order valence-corrected chi connectivity index (χ2v) is 5.26. The summed E-state index contributed by atoms with van der Waals surface area (Å²) in [7, 11) is 1.91. The molecule has 1 amide bonds. The van der Waals surface area contributed by atoms with Crippen LogP contribution in [0, 0.1) is 5.41 Å². The molecule has 0 atom stereocenters. The van der Waals surface area contributed by atoms with Crippen molar-refractivity contribution in [2.45, 2.75) is 25.7 Å². The molecule has 1 aliphatic heterocycles. The number of carbonyl (C=O) groups excluding carboxylic acids is 1. The van der Waals surface area contributed by atoms with Crippen molar-refractivity contribution >= 4 is 5.91 Å². The summed E-state index contributed by atoms with van der Waals surface area (Å²) < 4.78 is 0. The summed E-state index contributed by atoms with van der Waals surface area (Å²) >= 11 is 0. The molecule has 2 N–H and O–H groups in total. The number of rotatable bonds is 5. The number of carbonyl (C=O) groups is 1.